The summed E-state index contributed by atoms with van der Waals surface area (Å²) >= 11 is 0. The topological polar surface area (TPSA) is 67.2 Å². The summed E-state index contributed by atoms with van der Waals surface area (Å²) in [5.74, 6) is 0.468. The van der Waals surface area contributed by atoms with Gasteiger partial charge in [-0.3, -0.25) is 0 Å². The van der Waals surface area contributed by atoms with Crippen LogP contribution in [0.4, 0.5) is 0 Å². The molecule has 0 atom stereocenters. The normalized spacial score (nSPS) is 11.2. The molecule has 0 saturated heterocycles. The fraction of sp³-hybridized carbons (Fsp3) is 0.250. The Kier molecular flexibility index (Phi) is 2.90. The Morgan fingerprint density at radius 1 is 1.46 bits per heavy atom. The third kappa shape index (κ3) is 2.71. The summed E-state index contributed by atoms with van der Waals surface area (Å²) in [5.41, 5.74) is 0. The van der Waals surface area contributed by atoms with Gasteiger partial charge < -0.3 is 4.74 Å². The number of nitrogens with one attached hydrogen (secondary N) is 1. The first-order chi connectivity index (χ1) is 6.04. The highest BCUT2D eigenvalue weighted by atomic mass is 32.2. The molecule has 13 heavy (non-hydrogen) atoms. The minimum Gasteiger partial charge on any atom is -0.494 e. The van der Waals surface area contributed by atoms with E-state index in [1.165, 1.54) is 12.1 Å². The van der Waals surface area contributed by atoms with Crippen LogP contribution < -0.4 is 9.88 Å². The van der Waals surface area contributed by atoms with Crippen LogP contribution >= 0.6 is 0 Å². The lowest BCUT2D eigenvalue weighted by atomic mass is 10.3. The van der Waals surface area contributed by atoms with Crippen molar-refractivity contribution in [2.24, 2.45) is 0 Å². The SMILES string of the molecule is CCOc1cccc(S([NH])(=O)=O)c1. The summed E-state index contributed by atoms with van der Waals surface area (Å²) in [6, 6.07) is 5.90. The number of sulfonamides is 1. The lowest BCUT2D eigenvalue weighted by Crippen LogP contribution is -2.01. The van der Waals surface area contributed by atoms with Crippen molar-refractivity contribution in [1.29, 1.82) is 0 Å². The van der Waals surface area contributed by atoms with Gasteiger partial charge in [-0.1, -0.05) is 6.07 Å². The first kappa shape index (κ1) is 10.0. The number of hydrogen-bond donors (Lipinski definition) is 0. The third-order valence-electron chi connectivity index (χ3n) is 1.43. The van der Waals surface area contributed by atoms with Crippen LogP contribution in [0, 0.1) is 0 Å². The predicted molar refractivity (Wildman–Crippen MR) is 47.9 cm³/mol. The zero-order chi connectivity index (χ0) is 9.90. The van der Waals surface area contributed by atoms with E-state index < -0.39 is 10.0 Å². The number of rotatable bonds is 3. The molecule has 1 radical (unpaired) electrons. The Morgan fingerprint density at radius 3 is 2.69 bits per heavy atom. The third-order valence-corrected chi connectivity index (χ3v) is 2.30. The van der Waals surface area contributed by atoms with Crippen molar-refractivity contribution in [3.63, 3.8) is 0 Å². The number of ether oxygens (including phenoxy) is 1. The molecule has 1 aromatic rings. The molecule has 0 aliphatic heterocycles. The second-order valence-corrected chi connectivity index (χ2v) is 3.89. The first-order valence-electron chi connectivity index (χ1n) is 3.76. The van der Waals surface area contributed by atoms with E-state index in [1.807, 2.05) is 6.92 Å². The van der Waals surface area contributed by atoms with Crippen LogP contribution in [0.15, 0.2) is 29.2 Å². The van der Waals surface area contributed by atoms with Crippen LogP contribution in [0.2, 0.25) is 0 Å². The van der Waals surface area contributed by atoms with Crippen molar-refractivity contribution in [1.82, 2.24) is 5.14 Å². The molecule has 1 N–H and O–H groups in total. The second-order valence-electron chi connectivity index (χ2n) is 2.41. The van der Waals surface area contributed by atoms with Gasteiger partial charge in [0.2, 0.25) is 0 Å². The highest BCUT2D eigenvalue weighted by molar-refractivity contribution is 7.88. The summed E-state index contributed by atoms with van der Waals surface area (Å²) < 4.78 is 26.7. The summed E-state index contributed by atoms with van der Waals surface area (Å²) in [6.45, 7) is 2.28. The monoisotopic (exact) mass is 200 g/mol. The van der Waals surface area contributed by atoms with E-state index in [0.717, 1.165) is 0 Å². The fourth-order valence-electron chi connectivity index (χ4n) is 0.898. The van der Waals surface area contributed by atoms with E-state index in [1.54, 1.807) is 12.1 Å². The molecule has 0 aromatic heterocycles. The molecule has 1 aromatic carbocycles. The quantitative estimate of drug-likeness (QED) is 0.732. The van der Waals surface area contributed by atoms with Gasteiger partial charge in [-0.2, -0.15) is 0 Å². The predicted octanol–water partition coefficient (Wildman–Crippen LogP) is 1.06. The maximum Gasteiger partial charge on any atom is 0.254 e. The largest absolute Gasteiger partial charge is 0.494 e. The molecule has 4 nitrogen and oxygen atoms in total. The number of hydrogen-bond acceptors (Lipinski definition) is 3. The van der Waals surface area contributed by atoms with Crippen LogP contribution in [-0.4, -0.2) is 15.0 Å². The zero-order valence-electron chi connectivity index (χ0n) is 7.15. The molecule has 0 spiro atoms. The first-order valence-corrected chi connectivity index (χ1v) is 5.25. The Hall–Kier alpha value is -1.07. The smallest absolute Gasteiger partial charge is 0.254 e. The van der Waals surface area contributed by atoms with Gasteiger partial charge in [0, 0.05) is 6.07 Å². The highest BCUT2D eigenvalue weighted by Gasteiger charge is 2.08. The average molecular weight is 200 g/mol. The molecule has 0 bridgehead atoms. The molecule has 0 unspecified atom stereocenters. The molecular formula is C8H10NO3S. The van der Waals surface area contributed by atoms with Crippen LogP contribution in [0.1, 0.15) is 6.92 Å². The van der Waals surface area contributed by atoms with Gasteiger partial charge in [-0.15, -0.1) is 5.14 Å². The Labute approximate surface area is 77.4 Å². The Morgan fingerprint density at radius 2 is 2.15 bits per heavy atom. The molecule has 0 fully saturated rings. The van der Waals surface area contributed by atoms with Crippen LogP contribution in [0.5, 0.6) is 5.75 Å². The zero-order valence-corrected chi connectivity index (χ0v) is 7.97. The van der Waals surface area contributed by atoms with Gasteiger partial charge in [0.05, 0.1) is 11.5 Å². The standard InChI is InChI=1S/C8H10NO3S/c1-2-12-7-4-3-5-8(6-7)13(9,10)11/h3-6,9H,2H2,1H3. The Balaban J connectivity index is 3.06. The lowest BCUT2D eigenvalue weighted by molar-refractivity contribution is 0.339. The van der Waals surface area contributed by atoms with Crippen molar-refractivity contribution < 1.29 is 13.2 Å². The van der Waals surface area contributed by atoms with Gasteiger partial charge >= 0.3 is 0 Å². The van der Waals surface area contributed by atoms with Gasteiger partial charge in [-0.05, 0) is 19.1 Å². The molecule has 0 saturated carbocycles. The van der Waals surface area contributed by atoms with Crippen molar-refractivity contribution in [2.45, 2.75) is 11.8 Å². The van der Waals surface area contributed by atoms with Gasteiger partial charge in [0.25, 0.3) is 10.0 Å². The van der Waals surface area contributed by atoms with Gasteiger partial charge in [0.1, 0.15) is 5.75 Å². The van der Waals surface area contributed by atoms with E-state index in [-0.39, 0.29) is 4.90 Å². The summed E-state index contributed by atoms with van der Waals surface area (Å²) in [7, 11) is -3.87. The van der Waals surface area contributed by atoms with E-state index >= 15 is 0 Å². The molecule has 5 heteroatoms. The lowest BCUT2D eigenvalue weighted by Gasteiger charge is -2.03. The van der Waals surface area contributed by atoms with Crippen LogP contribution in [0.3, 0.4) is 0 Å². The summed E-state index contributed by atoms with van der Waals surface area (Å²) in [5, 5.41) is 6.82. The average Bonchev–Trinajstić information content (AvgIpc) is 2.04. The summed E-state index contributed by atoms with van der Waals surface area (Å²) in [6.07, 6.45) is 0. The molecule has 0 aliphatic rings. The van der Waals surface area contributed by atoms with Crippen molar-refractivity contribution in [2.75, 3.05) is 6.61 Å². The molecule has 0 heterocycles. The van der Waals surface area contributed by atoms with Crippen LogP contribution in [-0.2, 0) is 10.0 Å². The number of benzene rings is 1. The molecule has 71 valence electrons. The fourth-order valence-corrected chi connectivity index (χ4v) is 1.43. The van der Waals surface area contributed by atoms with Crippen molar-refractivity contribution in [3.8, 4) is 5.75 Å². The molecule has 0 amide bonds. The van der Waals surface area contributed by atoms with E-state index in [2.05, 4.69) is 0 Å². The van der Waals surface area contributed by atoms with Gasteiger partial charge in [-0.25, -0.2) is 8.42 Å². The maximum absolute atomic E-state index is 10.8. The van der Waals surface area contributed by atoms with Crippen molar-refractivity contribution in [3.05, 3.63) is 24.3 Å². The minimum atomic E-state index is -3.87. The highest BCUT2D eigenvalue weighted by Crippen LogP contribution is 2.16. The Bertz CT molecular complexity index is 386. The van der Waals surface area contributed by atoms with Crippen molar-refractivity contribution >= 4 is 10.0 Å². The van der Waals surface area contributed by atoms with E-state index in [0.29, 0.717) is 12.4 Å². The van der Waals surface area contributed by atoms with Gasteiger partial charge in [0.15, 0.2) is 0 Å². The molecular weight excluding hydrogens is 190 g/mol. The summed E-state index contributed by atoms with van der Waals surface area (Å²) in [4.78, 5) is -0.0431. The maximum atomic E-state index is 10.8. The van der Waals surface area contributed by atoms with E-state index in [9.17, 15) is 8.42 Å². The molecule has 1 rings (SSSR count). The second kappa shape index (κ2) is 3.76. The van der Waals surface area contributed by atoms with Crippen LogP contribution in [0.25, 0.3) is 0 Å². The minimum absolute atomic E-state index is 0.0431. The van der Waals surface area contributed by atoms with E-state index in [4.69, 9.17) is 9.88 Å². The molecule has 0 aliphatic carbocycles.